The van der Waals surface area contributed by atoms with Crippen molar-refractivity contribution in [2.75, 3.05) is 25.1 Å². The van der Waals surface area contributed by atoms with Crippen molar-refractivity contribution < 1.29 is 17.6 Å². The van der Waals surface area contributed by atoms with Gasteiger partial charge in [0.25, 0.3) is 5.91 Å². The third-order valence-corrected chi connectivity index (χ3v) is 4.99. The van der Waals surface area contributed by atoms with Gasteiger partial charge in [-0.1, -0.05) is 0 Å². The van der Waals surface area contributed by atoms with E-state index in [1.807, 2.05) is 0 Å². The Balaban J connectivity index is 2.21. The number of rotatable bonds is 4. The number of halogens is 1. The molecule has 0 atom stereocenters. The summed E-state index contributed by atoms with van der Waals surface area (Å²) < 4.78 is 38.0. The number of nitrogens with one attached hydrogen (secondary N) is 1. The third-order valence-electron chi connectivity index (χ3n) is 3.16. The smallest absolute Gasteiger partial charge is 0.255 e. The van der Waals surface area contributed by atoms with Gasteiger partial charge in [-0.25, -0.2) is 17.1 Å². The minimum atomic E-state index is -3.55. The SMILES string of the molecule is CN(C)S(=O)(=O)c1ccc(C(=O)Nc2ccc(F)cc2N)cc1. The zero-order valence-corrected chi connectivity index (χ0v) is 13.4. The minimum absolute atomic E-state index is 0.0837. The summed E-state index contributed by atoms with van der Waals surface area (Å²) in [5.74, 6) is -0.976. The van der Waals surface area contributed by atoms with Crippen molar-refractivity contribution in [3.05, 3.63) is 53.8 Å². The van der Waals surface area contributed by atoms with Gasteiger partial charge in [-0.05, 0) is 42.5 Å². The summed E-state index contributed by atoms with van der Waals surface area (Å²) in [6, 6.07) is 9.11. The number of nitrogen functional groups attached to an aromatic ring is 1. The first-order chi connectivity index (χ1) is 10.7. The predicted molar refractivity (Wildman–Crippen MR) is 86.1 cm³/mol. The van der Waals surface area contributed by atoms with Crippen LogP contribution in [0, 0.1) is 5.82 Å². The van der Waals surface area contributed by atoms with Crippen LogP contribution in [-0.2, 0) is 10.0 Å². The zero-order chi connectivity index (χ0) is 17.2. The molecule has 0 aliphatic heterocycles. The molecule has 23 heavy (non-hydrogen) atoms. The number of anilines is 2. The highest BCUT2D eigenvalue weighted by Gasteiger charge is 2.17. The van der Waals surface area contributed by atoms with E-state index < -0.39 is 21.7 Å². The van der Waals surface area contributed by atoms with Crippen molar-refractivity contribution in [3.8, 4) is 0 Å². The lowest BCUT2D eigenvalue weighted by atomic mass is 10.2. The van der Waals surface area contributed by atoms with Crippen molar-refractivity contribution in [2.45, 2.75) is 4.90 Å². The van der Waals surface area contributed by atoms with E-state index in [4.69, 9.17) is 5.73 Å². The molecule has 6 nitrogen and oxygen atoms in total. The first-order valence-electron chi connectivity index (χ1n) is 6.61. The van der Waals surface area contributed by atoms with Gasteiger partial charge in [-0.2, -0.15) is 0 Å². The molecule has 2 aromatic rings. The topological polar surface area (TPSA) is 92.5 Å². The lowest BCUT2D eigenvalue weighted by Crippen LogP contribution is -2.22. The van der Waals surface area contributed by atoms with Crippen LogP contribution in [0.4, 0.5) is 15.8 Å². The molecular weight excluding hydrogens is 321 g/mol. The van der Waals surface area contributed by atoms with Crippen LogP contribution in [-0.4, -0.2) is 32.7 Å². The molecule has 0 radical (unpaired) electrons. The van der Waals surface area contributed by atoms with Crippen molar-refractivity contribution in [1.29, 1.82) is 0 Å². The molecule has 0 spiro atoms. The lowest BCUT2D eigenvalue weighted by Gasteiger charge is -2.12. The first-order valence-corrected chi connectivity index (χ1v) is 8.05. The maximum Gasteiger partial charge on any atom is 0.255 e. The average Bonchev–Trinajstić information content (AvgIpc) is 2.50. The summed E-state index contributed by atoms with van der Waals surface area (Å²) in [7, 11) is -0.702. The van der Waals surface area contributed by atoms with E-state index in [9.17, 15) is 17.6 Å². The van der Waals surface area contributed by atoms with E-state index in [1.165, 1.54) is 50.5 Å². The highest BCUT2D eigenvalue weighted by atomic mass is 32.2. The average molecular weight is 337 g/mol. The van der Waals surface area contributed by atoms with Crippen LogP contribution in [0.1, 0.15) is 10.4 Å². The van der Waals surface area contributed by atoms with E-state index in [-0.39, 0.29) is 21.8 Å². The number of benzene rings is 2. The molecule has 0 saturated carbocycles. The number of sulfonamides is 1. The normalized spacial score (nSPS) is 11.5. The first kappa shape index (κ1) is 16.9. The number of amides is 1. The molecule has 0 fully saturated rings. The second-order valence-corrected chi connectivity index (χ2v) is 7.15. The van der Waals surface area contributed by atoms with Crippen LogP contribution in [0.2, 0.25) is 0 Å². The van der Waals surface area contributed by atoms with E-state index in [1.54, 1.807) is 0 Å². The number of hydrogen-bond donors (Lipinski definition) is 2. The van der Waals surface area contributed by atoms with Gasteiger partial charge in [0.15, 0.2) is 0 Å². The third kappa shape index (κ3) is 3.66. The molecule has 3 N–H and O–H groups in total. The second-order valence-electron chi connectivity index (χ2n) is 5.00. The Kier molecular flexibility index (Phi) is 4.67. The van der Waals surface area contributed by atoms with Crippen LogP contribution >= 0.6 is 0 Å². The summed E-state index contributed by atoms with van der Waals surface area (Å²) in [6.07, 6.45) is 0. The Labute approximate surface area is 133 Å². The molecule has 0 unspecified atom stereocenters. The van der Waals surface area contributed by atoms with Crippen molar-refractivity contribution in [2.24, 2.45) is 0 Å². The lowest BCUT2D eigenvalue weighted by molar-refractivity contribution is 0.102. The second kappa shape index (κ2) is 6.35. The van der Waals surface area contributed by atoms with E-state index in [0.717, 1.165) is 10.4 Å². The molecule has 0 heterocycles. The van der Waals surface area contributed by atoms with Gasteiger partial charge in [0.2, 0.25) is 10.0 Å². The zero-order valence-electron chi connectivity index (χ0n) is 12.6. The highest BCUT2D eigenvalue weighted by Crippen LogP contribution is 2.20. The molecule has 0 saturated heterocycles. The number of carbonyl (C=O) groups excluding carboxylic acids is 1. The van der Waals surface area contributed by atoms with Crippen molar-refractivity contribution in [1.82, 2.24) is 4.31 Å². The standard InChI is InChI=1S/C15H16FN3O3S/c1-19(2)23(21,22)12-6-3-10(4-7-12)15(20)18-14-8-5-11(16)9-13(14)17/h3-9H,17H2,1-2H3,(H,18,20). The highest BCUT2D eigenvalue weighted by molar-refractivity contribution is 7.89. The Morgan fingerprint density at radius 1 is 1.13 bits per heavy atom. The fourth-order valence-corrected chi connectivity index (χ4v) is 2.73. The molecular formula is C15H16FN3O3S. The van der Waals surface area contributed by atoms with Gasteiger partial charge in [0.1, 0.15) is 5.82 Å². The molecule has 0 aliphatic rings. The van der Waals surface area contributed by atoms with Crippen LogP contribution in [0.5, 0.6) is 0 Å². The number of hydrogen-bond acceptors (Lipinski definition) is 4. The Morgan fingerprint density at radius 3 is 2.26 bits per heavy atom. The van der Waals surface area contributed by atoms with Crippen LogP contribution in [0.25, 0.3) is 0 Å². The molecule has 1 amide bonds. The number of carbonyl (C=O) groups is 1. The van der Waals surface area contributed by atoms with Gasteiger partial charge in [-0.15, -0.1) is 0 Å². The van der Waals surface area contributed by atoms with E-state index in [0.29, 0.717) is 0 Å². The monoisotopic (exact) mass is 337 g/mol. The summed E-state index contributed by atoms with van der Waals surface area (Å²) in [5.41, 5.74) is 6.26. The molecule has 0 aromatic heterocycles. The van der Waals surface area contributed by atoms with Gasteiger partial charge in [0.05, 0.1) is 16.3 Å². The van der Waals surface area contributed by atoms with Gasteiger partial charge < -0.3 is 11.1 Å². The fraction of sp³-hybridized carbons (Fsp3) is 0.133. The summed E-state index contributed by atoms with van der Waals surface area (Å²) >= 11 is 0. The summed E-state index contributed by atoms with van der Waals surface area (Å²) in [6.45, 7) is 0. The largest absolute Gasteiger partial charge is 0.397 e. The van der Waals surface area contributed by atoms with Crippen LogP contribution in [0.3, 0.4) is 0 Å². The Morgan fingerprint density at radius 2 is 1.74 bits per heavy atom. The quantitative estimate of drug-likeness (QED) is 0.834. The van der Waals surface area contributed by atoms with Crippen LogP contribution < -0.4 is 11.1 Å². The van der Waals surface area contributed by atoms with Gasteiger partial charge in [0, 0.05) is 19.7 Å². The molecule has 0 bridgehead atoms. The number of nitrogens with zero attached hydrogens (tertiary/aromatic N) is 1. The molecule has 122 valence electrons. The van der Waals surface area contributed by atoms with Gasteiger partial charge >= 0.3 is 0 Å². The van der Waals surface area contributed by atoms with Crippen molar-refractivity contribution in [3.63, 3.8) is 0 Å². The Bertz CT molecular complexity index is 834. The van der Waals surface area contributed by atoms with Gasteiger partial charge in [-0.3, -0.25) is 4.79 Å². The molecule has 2 rings (SSSR count). The summed E-state index contributed by atoms with van der Waals surface area (Å²) in [5, 5.41) is 2.54. The summed E-state index contributed by atoms with van der Waals surface area (Å²) in [4.78, 5) is 12.2. The van der Waals surface area contributed by atoms with Crippen LogP contribution in [0.15, 0.2) is 47.4 Å². The predicted octanol–water partition coefficient (Wildman–Crippen LogP) is 1.91. The molecule has 8 heteroatoms. The van der Waals surface area contributed by atoms with E-state index in [2.05, 4.69) is 5.32 Å². The Hall–Kier alpha value is -2.45. The van der Waals surface area contributed by atoms with Crippen molar-refractivity contribution >= 4 is 27.3 Å². The molecule has 0 aliphatic carbocycles. The fourth-order valence-electron chi connectivity index (χ4n) is 1.83. The van der Waals surface area contributed by atoms with E-state index >= 15 is 0 Å². The molecule has 2 aromatic carbocycles. The number of nitrogens with two attached hydrogens (primary N) is 1. The maximum atomic E-state index is 13.0. The minimum Gasteiger partial charge on any atom is -0.397 e. The maximum absolute atomic E-state index is 13.0.